The van der Waals surface area contributed by atoms with Gasteiger partial charge in [0.15, 0.2) is 5.82 Å². The molecular weight excluding hydrogens is 212 g/mol. The van der Waals surface area contributed by atoms with E-state index in [-0.39, 0.29) is 18.0 Å². The van der Waals surface area contributed by atoms with Crippen molar-refractivity contribution >= 4 is 11.6 Å². The van der Waals surface area contributed by atoms with E-state index < -0.39 is 23.3 Å². The molecule has 1 aromatic rings. The SMILES string of the molecule is NCC[C@@H](O)c1c(F)ccc(Cl)c1F. The fourth-order valence-electron chi connectivity index (χ4n) is 1.15. The first-order valence-corrected chi connectivity index (χ1v) is 4.47. The molecule has 0 fully saturated rings. The highest BCUT2D eigenvalue weighted by molar-refractivity contribution is 6.30. The average molecular weight is 222 g/mol. The maximum atomic E-state index is 13.3. The van der Waals surface area contributed by atoms with Crippen molar-refractivity contribution in [2.75, 3.05) is 6.54 Å². The number of halogens is 3. The van der Waals surface area contributed by atoms with Crippen molar-refractivity contribution in [1.82, 2.24) is 0 Å². The molecule has 78 valence electrons. The summed E-state index contributed by atoms with van der Waals surface area (Å²) in [5.41, 5.74) is 4.75. The van der Waals surface area contributed by atoms with Gasteiger partial charge in [-0.2, -0.15) is 0 Å². The molecule has 2 nitrogen and oxygen atoms in total. The minimum atomic E-state index is -1.25. The summed E-state index contributed by atoms with van der Waals surface area (Å²) in [6.45, 7) is 0.145. The minimum Gasteiger partial charge on any atom is -0.388 e. The average Bonchev–Trinajstić information content (AvgIpc) is 2.13. The second-order valence-corrected chi connectivity index (χ2v) is 3.26. The third kappa shape index (κ3) is 2.20. The zero-order valence-electron chi connectivity index (χ0n) is 7.30. The second-order valence-electron chi connectivity index (χ2n) is 2.85. The first-order chi connectivity index (χ1) is 6.57. The Bertz CT molecular complexity index is 333. The Morgan fingerprint density at radius 1 is 1.43 bits per heavy atom. The molecule has 0 aliphatic carbocycles. The van der Waals surface area contributed by atoms with Crippen molar-refractivity contribution in [2.45, 2.75) is 12.5 Å². The number of aliphatic hydroxyl groups excluding tert-OH is 1. The molecule has 0 saturated heterocycles. The highest BCUT2D eigenvalue weighted by atomic mass is 35.5. The molecule has 14 heavy (non-hydrogen) atoms. The van der Waals surface area contributed by atoms with E-state index in [0.717, 1.165) is 12.1 Å². The summed E-state index contributed by atoms with van der Waals surface area (Å²) in [6.07, 6.45) is -1.16. The standard InChI is InChI=1S/C9H10ClF2NO/c10-5-1-2-6(11)8(9(5)12)7(14)3-4-13/h1-2,7,14H,3-4,13H2/t7-/m1/s1. The zero-order valence-corrected chi connectivity index (χ0v) is 8.06. The van der Waals surface area contributed by atoms with Gasteiger partial charge in [-0.15, -0.1) is 0 Å². The summed E-state index contributed by atoms with van der Waals surface area (Å²) in [6, 6.07) is 2.12. The van der Waals surface area contributed by atoms with E-state index >= 15 is 0 Å². The topological polar surface area (TPSA) is 46.2 Å². The Labute approximate surface area is 85.3 Å². The molecule has 0 aromatic heterocycles. The van der Waals surface area contributed by atoms with Gasteiger partial charge in [-0.25, -0.2) is 8.78 Å². The lowest BCUT2D eigenvalue weighted by Gasteiger charge is -2.12. The molecule has 1 atom stereocenters. The normalized spacial score (nSPS) is 12.9. The van der Waals surface area contributed by atoms with E-state index in [0.29, 0.717) is 0 Å². The van der Waals surface area contributed by atoms with E-state index in [9.17, 15) is 13.9 Å². The van der Waals surface area contributed by atoms with E-state index in [2.05, 4.69) is 0 Å². The molecule has 5 heteroatoms. The van der Waals surface area contributed by atoms with Crippen LogP contribution in [0.5, 0.6) is 0 Å². The number of rotatable bonds is 3. The molecule has 0 radical (unpaired) electrons. The van der Waals surface area contributed by atoms with Crippen molar-refractivity contribution in [3.8, 4) is 0 Å². The molecule has 0 heterocycles. The van der Waals surface area contributed by atoms with Crippen LogP contribution in [0.1, 0.15) is 18.1 Å². The summed E-state index contributed by atoms with van der Waals surface area (Å²) < 4.78 is 26.4. The van der Waals surface area contributed by atoms with E-state index in [1.165, 1.54) is 0 Å². The molecule has 0 spiro atoms. The van der Waals surface area contributed by atoms with Crippen LogP contribution in [-0.4, -0.2) is 11.7 Å². The van der Waals surface area contributed by atoms with E-state index in [1.54, 1.807) is 0 Å². The van der Waals surface area contributed by atoms with E-state index in [4.69, 9.17) is 17.3 Å². The van der Waals surface area contributed by atoms with Crippen molar-refractivity contribution in [2.24, 2.45) is 5.73 Å². The molecule has 3 N–H and O–H groups in total. The van der Waals surface area contributed by atoms with Gasteiger partial charge in [0, 0.05) is 0 Å². The Balaban J connectivity index is 3.11. The van der Waals surface area contributed by atoms with E-state index in [1.807, 2.05) is 0 Å². The van der Waals surface area contributed by atoms with Gasteiger partial charge in [-0.05, 0) is 25.1 Å². The van der Waals surface area contributed by atoms with Gasteiger partial charge in [0.1, 0.15) is 5.82 Å². The Hall–Kier alpha value is -0.710. The number of aliphatic hydroxyl groups is 1. The van der Waals surface area contributed by atoms with Crippen LogP contribution >= 0.6 is 11.6 Å². The summed E-state index contributed by atoms with van der Waals surface area (Å²) in [5, 5.41) is 9.18. The van der Waals surface area contributed by atoms with Crippen LogP contribution in [0.2, 0.25) is 5.02 Å². The lowest BCUT2D eigenvalue weighted by Crippen LogP contribution is -2.10. The predicted octanol–water partition coefficient (Wildman–Crippen LogP) is 2.00. The van der Waals surface area contributed by atoms with Gasteiger partial charge in [-0.1, -0.05) is 11.6 Å². The van der Waals surface area contributed by atoms with Gasteiger partial charge < -0.3 is 10.8 Å². The quantitative estimate of drug-likeness (QED) is 0.767. The minimum absolute atomic E-state index is 0.0915. The highest BCUT2D eigenvalue weighted by Crippen LogP contribution is 2.27. The third-order valence-electron chi connectivity index (χ3n) is 1.85. The van der Waals surface area contributed by atoms with Crippen LogP contribution in [-0.2, 0) is 0 Å². The fraction of sp³-hybridized carbons (Fsp3) is 0.333. The van der Waals surface area contributed by atoms with Crippen molar-refractivity contribution in [3.63, 3.8) is 0 Å². The summed E-state index contributed by atoms with van der Waals surface area (Å²) in [4.78, 5) is 0. The van der Waals surface area contributed by atoms with Crippen molar-refractivity contribution in [1.29, 1.82) is 0 Å². The molecular formula is C9H10ClF2NO. The molecule has 0 saturated carbocycles. The summed E-state index contributed by atoms with van der Waals surface area (Å²) in [5.74, 6) is -1.74. The molecule has 0 bridgehead atoms. The van der Waals surface area contributed by atoms with Gasteiger partial charge >= 0.3 is 0 Å². The molecule has 0 aliphatic rings. The molecule has 1 rings (SSSR count). The largest absolute Gasteiger partial charge is 0.388 e. The van der Waals surface area contributed by atoms with Crippen LogP contribution < -0.4 is 5.73 Å². The first kappa shape index (κ1) is 11.4. The molecule has 0 unspecified atom stereocenters. The number of hydrogen-bond donors (Lipinski definition) is 2. The maximum Gasteiger partial charge on any atom is 0.150 e. The van der Waals surface area contributed by atoms with Crippen LogP contribution in [0.25, 0.3) is 0 Å². The first-order valence-electron chi connectivity index (χ1n) is 4.09. The number of hydrogen-bond acceptors (Lipinski definition) is 2. The molecule has 1 aromatic carbocycles. The molecule has 0 aliphatic heterocycles. The number of nitrogens with two attached hydrogens (primary N) is 1. The second kappa shape index (κ2) is 4.68. The lowest BCUT2D eigenvalue weighted by atomic mass is 10.1. The number of benzene rings is 1. The monoisotopic (exact) mass is 221 g/mol. The fourth-order valence-corrected chi connectivity index (χ4v) is 1.32. The smallest absolute Gasteiger partial charge is 0.150 e. The predicted molar refractivity (Wildman–Crippen MR) is 50.0 cm³/mol. The molecule has 0 amide bonds. The van der Waals surface area contributed by atoms with Gasteiger partial charge in [0.2, 0.25) is 0 Å². The Kier molecular flexibility index (Phi) is 3.80. The van der Waals surface area contributed by atoms with Crippen LogP contribution in [0, 0.1) is 11.6 Å². The van der Waals surface area contributed by atoms with Gasteiger partial charge in [-0.3, -0.25) is 0 Å². The van der Waals surface area contributed by atoms with Crippen LogP contribution in [0.3, 0.4) is 0 Å². The maximum absolute atomic E-state index is 13.3. The Morgan fingerprint density at radius 2 is 2.07 bits per heavy atom. The third-order valence-corrected chi connectivity index (χ3v) is 2.14. The van der Waals surface area contributed by atoms with Crippen LogP contribution in [0.15, 0.2) is 12.1 Å². The Morgan fingerprint density at radius 3 is 2.64 bits per heavy atom. The van der Waals surface area contributed by atoms with Gasteiger partial charge in [0.25, 0.3) is 0 Å². The van der Waals surface area contributed by atoms with Crippen molar-refractivity contribution in [3.05, 3.63) is 34.4 Å². The lowest BCUT2D eigenvalue weighted by molar-refractivity contribution is 0.160. The van der Waals surface area contributed by atoms with Crippen molar-refractivity contribution < 1.29 is 13.9 Å². The summed E-state index contributed by atoms with van der Waals surface area (Å²) >= 11 is 5.45. The van der Waals surface area contributed by atoms with Gasteiger partial charge in [0.05, 0.1) is 16.7 Å². The highest BCUT2D eigenvalue weighted by Gasteiger charge is 2.19. The summed E-state index contributed by atoms with van der Waals surface area (Å²) in [7, 11) is 0. The zero-order chi connectivity index (χ0) is 10.7. The van der Waals surface area contributed by atoms with Crippen LogP contribution in [0.4, 0.5) is 8.78 Å².